The van der Waals surface area contributed by atoms with Crippen molar-refractivity contribution < 1.29 is 36.9 Å². The van der Waals surface area contributed by atoms with Crippen LogP contribution in [0.25, 0.3) is 22.8 Å². The van der Waals surface area contributed by atoms with Gasteiger partial charge in [0.05, 0.1) is 32.2 Å². The molecular formula is C37H40F3N7O6S. The van der Waals surface area contributed by atoms with Crippen LogP contribution in [0.3, 0.4) is 0 Å². The lowest BCUT2D eigenvalue weighted by molar-refractivity contribution is -0.274. The van der Waals surface area contributed by atoms with Crippen molar-refractivity contribution in [3.05, 3.63) is 99.5 Å². The number of amidine groups is 1. The molecule has 286 valence electrons. The Kier molecular flexibility index (Phi) is 12.7. The van der Waals surface area contributed by atoms with Crippen LogP contribution in [0.2, 0.25) is 0 Å². The van der Waals surface area contributed by atoms with Gasteiger partial charge in [0.2, 0.25) is 4.80 Å². The fourth-order valence-corrected chi connectivity index (χ4v) is 6.19. The molecule has 5 rings (SSSR count). The number of rotatable bonds is 13. The minimum atomic E-state index is -4.79. The van der Waals surface area contributed by atoms with Gasteiger partial charge >= 0.3 is 24.0 Å². The number of hydrogen-bond donors (Lipinski definition) is 0. The van der Waals surface area contributed by atoms with Gasteiger partial charge in [0.1, 0.15) is 17.8 Å². The Bertz CT molecular complexity index is 2200. The first kappa shape index (κ1) is 39.5. The van der Waals surface area contributed by atoms with Gasteiger partial charge in [-0.25, -0.2) is 32.8 Å². The number of halogens is 3. The average Bonchev–Trinajstić information content (AvgIpc) is 3.77. The van der Waals surface area contributed by atoms with Gasteiger partial charge in [0, 0.05) is 18.5 Å². The number of nitrogens with zero attached hydrogens (tertiary/aromatic N) is 7. The van der Waals surface area contributed by atoms with E-state index in [1.54, 1.807) is 41.4 Å². The molecule has 1 atom stereocenters. The Balaban J connectivity index is 1.45. The van der Waals surface area contributed by atoms with Gasteiger partial charge in [-0.3, -0.25) is 0 Å². The van der Waals surface area contributed by atoms with E-state index in [0.29, 0.717) is 46.3 Å². The summed E-state index contributed by atoms with van der Waals surface area (Å²) in [5, 5.41) is 4.45. The molecule has 0 spiro atoms. The molecule has 17 heteroatoms. The molecule has 1 unspecified atom stereocenters. The molecule has 13 nitrogen and oxygen atoms in total. The zero-order valence-electron chi connectivity index (χ0n) is 30.5. The highest BCUT2D eigenvalue weighted by Crippen LogP contribution is 2.27. The van der Waals surface area contributed by atoms with E-state index in [1.807, 2.05) is 39.8 Å². The Hall–Kier alpha value is -5.71. The second-order valence-electron chi connectivity index (χ2n) is 12.1. The predicted molar refractivity (Wildman–Crippen MR) is 196 cm³/mol. The van der Waals surface area contributed by atoms with Crippen LogP contribution >= 0.6 is 11.5 Å². The third-order valence-electron chi connectivity index (χ3n) is 8.01. The number of aromatic nitrogens is 5. The molecule has 0 aliphatic rings. The van der Waals surface area contributed by atoms with Crippen molar-refractivity contribution in [1.82, 2.24) is 23.3 Å². The minimum absolute atomic E-state index is 0.0541. The van der Waals surface area contributed by atoms with Crippen molar-refractivity contribution in [2.24, 2.45) is 9.98 Å². The number of carbonyl (C=O) groups excluding carboxylic acids is 1. The molecule has 2 aromatic heterocycles. The molecule has 0 N–H and O–H groups in total. The maximum atomic E-state index is 13.7. The van der Waals surface area contributed by atoms with Gasteiger partial charge in [-0.05, 0) is 84.4 Å². The lowest BCUT2D eigenvalue weighted by atomic mass is 10.0. The van der Waals surface area contributed by atoms with Gasteiger partial charge in [0.15, 0.2) is 11.9 Å². The van der Waals surface area contributed by atoms with Crippen LogP contribution in [0.1, 0.15) is 51.2 Å². The second kappa shape index (κ2) is 17.4. The minimum Gasteiger partial charge on any atom is -0.497 e. The standard InChI is InChI=1S/C37H40F3N7O6S/c1-7-19-52-34(43-35-47(36(49)46(8-2)54-35)31-18-17-28(50-5)21-29(31)23(3)4)42-30(33(48)51-6)20-24-9-11-25(12-10-24)32-41-22-45(44-32)26-13-15-27(16-14-26)53-37(38,39)40/h9-18,21-23,30H,7-8,19-20H2,1-6H3/b42-34?,43-35-. The molecule has 3 aromatic carbocycles. The first-order chi connectivity index (χ1) is 25.8. The lowest BCUT2D eigenvalue weighted by Gasteiger charge is -2.15. The number of methoxy groups -OCH3 is 2. The third-order valence-corrected chi connectivity index (χ3v) is 9.08. The number of benzene rings is 3. The number of ether oxygens (including phenoxy) is 4. The van der Waals surface area contributed by atoms with E-state index < -0.39 is 18.4 Å². The summed E-state index contributed by atoms with van der Waals surface area (Å²) >= 11 is 1.15. The van der Waals surface area contributed by atoms with Crippen molar-refractivity contribution in [3.63, 3.8) is 0 Å². The Morgan fingerprint density at radius 3 is 2.30 bits per heavy atom. The summed E-state index contributed by atoms with van der Waals surface area (Å²) < 4.78 is 62.6. The first-order valence-electron chi connectivity index (χ1n) is 17.1. The topological polar surface area (TPSA) is 136 Å². The van der Waals surface area contributed by atoms with Crippen LogP contribution < -0.4 is 20.0 Å². The van der Waals surface area contributed by atoms with Gasteiger partial charge < -0.3 is 18.9 Å². The zero-order valence-corrected chi connectivity index (χ0v) is 31.3. The maximum Gasteiger partial charge on any atom is 0.573 e. The molecule has 0 saturated heterocycles. The molecule has 0 aliphatic carbocycles. The summed E-state index contributed by atoms with van der Waals surface area (Å²) in [6, 6.07) is 16.8. The summed E-state index contributed by atoms with van der Waals surface area (Å²) in [5.74, 6) is 0.132. The van der Waals surface area contributed by atoms with Crippen LogP contribution in [0, 0.1) is 0 Å². The fourth-order valence-electron chi connectivity index (χ4n) is 5.33. The molecule has 0 aliphatic heterocycles. The number of hydrogen-bond acceptors (Lipinski definition) is 10. The Morgan fingerprint density at radius 2 is 1.69 bits per heavy atom. The smallest absolute Gasteiger partial charge is 0.497 e. The molecule has 5 aromatic rings. The highest BCUT2D eigenvalue weighted by Gasteiger charge is 2.31. The van der Waals surface area contributed by atoms with Crippen molar-refractivity contribution in [2.75, 3.05) is 20.8 Å². The molecule has 0 fully saturated rings. The third kappa shape index (κ3) is 9.63. The van der Waals surface area contributed by atoms with Crippen LogP contribution in [-0.4, -0.2) is 68.5 Å². The summed E-state index contributed by atoms with van der Waals surface area (Å²) in [6.45, 7) is 8.52. The molecule has 54 heavy (non-hydrogen) atoms. The Morgan fingerprint density at radius 1 is 0.981 bits per heavy atom. The van der Waals surface area contributed by atoms with E-state index in [0.717, 1.165) is 22.7 Å². The predicted octanol–water partition coefficient (Wildman–Crippen LogP) is 6.47. The SMILES string of the molecule is CCCOC(=NC(Cc1ccc(-c2ncn(-c3ccc(OC(F)(F)F)cc3)n2)cc1)C(=O)OC)/N=c1\sn(CC)c(=O)n1-c1ccc(OC)cc1C(C)C. The highest BCUT2D eigenvalue weighted by atomic mass is 32.1. The molecule has 0 radical (unpaired) electrons. The highest BCUT2D eigenvalue weighted by molar-refractivity contribution is 7.03. The van der Waals surface area contributed by atoms with Crippen molar-refractivity contribution in [2.45, 2.75) is 65.4 Å². The van der Waals surface area contributed by atoms with E-state index in [-0.39, 0.29) is 36.4 Å². The van der Waals surface area contributed by atoms with Crippen molar-refractivity contribution >= 4 is 23.5 Å². The number of alkyl halides is 3. The van der Waals surface area contributed by atoms with E-state index in [9.17, 15) is 22.8 Å². The van der Waals surface area contributed by atoms with E-state index >= 15 is 0 Å². The zero-order chi connectivity index (χ0) is 39.0. The Labute approximate surface area is 313 Å². The first-order valence-corrected chi connectivity index (χ1v) is 17.8. The van der Waals surface area contributed by atoms with Crippen LogP contribution in [0.15, 0.2) is 87.8 Å². The molecule has 0 saturated carbocycles. The molecule has 0 amide bonds. The average molecular weight is 768 g/mol. The van der Waals surface area contributed by atoms with Crippen LogP contribution in [-0.2, 0) is 27.2 Å². The monoisotopic (exact) mass is 767 g/mol. The van der Waals surface area contributed by atoms with Crippen LogP contribution in [0.4, 0.5) is 13.2 Å². The second-order valence-corrected chi connectivity index (χ2v) is 13.1. The number of esters is 1. The maximum absolute atomic E-state index is 13.7. The van der Waals surface area contributed by atoms with Crippen molar-refractivity contribution in [1.29, 1.82) is 0 Å². The molecular weight excluding hydrogens is 728 g/mol. The summed E-state index contributed by atoms with van der Waals surface area (Å²) in [7, 11) is 2.86. The van der Waals surface area contributed by atoms with E-state index in [2.05, 4.69) is 19.8 Å². The number of aryl methyl sites for hydroxylation is 1. The van der Waals surface area contributed by atoms with E-state index in [1.165, 1.54) is 47.0 Å². The summed E-state index contributed by atoms with van der Waals surface area (Å²) in [4.78, 5) is 40.7. The molecule has 0 bridgehead atoms. The van der Waals surface area contributed by atoms with Crippen LogP contribution in [0.5, 0.6) is 11.5 Å². The number of aliphatic imine (C=N–C) groups is 1. The van der Waals surface area contributed by atoms with E-state index in [4.69, 9.17) is 19.2 Å². The van der Waals surface area contributed by atoms with Gasteiger partial charge in [-0.2, -0.15) is 4.99 Å². The van der Waals surface area contributed by atoms with Gasteiger partial charge in [-0.15, -0.1) is 18.3 Å². The quantitative estimate of drug-likeness (QED) is 0.0757. The largest absolute Gasteiger partial charge is 0.573 e. The number of carbonyl (C=O) groups is 1. The van der Waals surface area contributed by atoms with Gasteiger partial charge in [-0.1, -0.05) is 45.0 Å². The van der Waals surface area contributed by atoms with Crippen molar-refractivity contribution in [3.8, 4) is 34.3 Å². The fraction of sp³-hybridized carbons (Fsp3) is 0.351. The lowest BCUT2D eigenvalue weighted by Crippen LogP contribution is -2.30. The van der Waals surface area contributed by atoms with Gasteiger partial charge in [0.25, 0.3) is 0 Å². The molecule has 2 heterocycles. The summed E-state index contributed by atoms with van der Waals surface area (Å²) in [6.07, 6.45) is -2.57. The normalized spacial score (nSPS) is 12.9. The summed E-state index contributed by atoms with van der Waals surface area (Å²) in [5.41, 5.74) is 3.13.